The topological polar surface area (TPSA) is 87.7 Å². The zero-order valence-corrected chi connectivity index (χ0v) is 22.0. The average molecular weight is 583 g/mol. The predicted molar refractivity (Wildman–Crippen MR) is 133 cm³/mol. The van der Waals surface area contributed by atoms with E-state index in [9.17, 15) is 22.0 Å². The van der Waals surface area contributed by atoms with Crippen LogP contribution in [0.2, 0.25) is 15.1 Å². The van der Waals surface area contributed by atoms with Crippen molar-refractivity contribution in [2.75, 3.05) is 19.6 Å². The molecule has 2 atom stereocenters. The molecule has 1 amide bonds. The number of benzene rings is 2. The summed E-state index contributed by atoms with van der Waals surface area (Å²) in [5, 5.41) is 3.39. The van der Waals surface area contributed by atoms with Crippen LogP contribution in [-0.4, -0.2) is 57.0 Å². The van der Waals surface area contributed by atoms with Crippen molar-refractivity contribution in [2.45, 2.75) is 48.8 Å². The molecule has 0 radical (unpaired) electrons. The second-order valence-electron chi connectivity index (χ2n) is 8.74. The molecule has 196 valence electrons. The van der Waals surface area contributed by atoms with E-state index in [0.717, 1.165) is 25.9 Å². The molecule has 2 saturated heterocycles. The number of ether oxygens (including phenoxy) is 1. The Bertz CT molecular complexity index is 1250. The third-order valence-electron chi connectivity index (χ3n) is 6.37. The summed E-state index contributed by atoms with van der Waals surface area (Å²) in [4.78, 5) is 14.4. The van der Waals surface area contributed by atoms with Gasteiger partial charge in [-0.15, -0.1) is 0 Å². The summed E-state index contributed by atoms with van der Waals surface area (Å²) in [5.41, 5.74) is 0. The van der Waals surface area contributed by atoms with Gasteiger partial charge in [-0.05, 0) is 50.6 Å². The molecule has 7 nitrogen and oxygen atoms in total. The smallest absolute Gasteiger partial charge is 0.267 e. The van der Waals surface area contributed by atoms with Gasteiger partial charge in [-0.25, -0.2) is 21.9 Å². The van der Waals surface area contributed by atoms with E-state index >= 15 is 0 Å². The normalized spacial score (nSPS) is 21.8. The highest BCUT2D eigenvalue weighted by atomic mass is 35.5. The lowest BCUT2D eigenvalue weighted by atomic mass is 9.93. The lowest BCUT2D eigenvalue weighted by Gasteiger charge is -2.44. The van der Waals surface area contributed by atoms with Gasteiger partial charge in [-0.2, -0.15) is 0 Å². The van der Waals surface area contributed by atoms with Crippen molar-refractivity contribution in [3.63, 3.8) is 0 Å². The molecule has 0 aliphatic carbocycles. The van der Waals surface area contributed by atoms with Crippen molar-refractivity contribution in [1.82, 2.24) is 14.9 Å². The average Bonchev–Trinajstić information content (AvgIpc) is 2.84. The minimum atomic E-state index is -4.66. The number of rotatable bonds is 6. The first-order chi connectivity index (χ1) is 17.0. The van der Waals surface area contributed by atoms with Crippen LogP contribution in [0.1, 0.15) is 25.7 Å². The Balaban J connectivity index is 1.56. The van der Waals surface area contributed by atoms with Gasteiger partial charge in [0.15, 0.2) is 0 Å². The third-order valence-corrected chi connectivity index (χ3v) is 8.76. The van der Waals surface area contributed by atoms with Gasteiger partial charge in [0, 0.05) is 31.1 Å². The quantitative estimate of drug-likeness (QED) is 0.491. The zero-order valence-electron chi connectivity index (χ0n) is 18.9. The molecule has 2 heterocycles. The van der Waals surface area contributed by atoms with E-state index in [1.807, 2.05) is 9.62 Å². The molecule has 0 spiro atoms. The highest BCUT2D eigenvalue weighted by Crippen LogP contribution is 2.31. The minimum absolute atomic E-state index is 0.0626. The van der Waals surface area contributed by atoms with E-state index in [0.29, 0.717) is 40.9 Å². The summed E-state index contributed by atoms with van der Waals surface area (Å²) in [6.45, 7) is 2.04. The fourth-order valence-corrected chi connectivity index (χ4v) is 6.22. The third kappa shape index (κ3) is 6.23. The van der Waals surface area contributed by atoms with Crippen LogP contribution in [0, 0.1) is 11.6 Å². The van der Waals surface area contributed by atoms with Crippen LogP contribution in [0.3, 0.4) is 0 Å². The molecule has 0 aromatic heterocycles. The molecule has 36 heavy (non-hydrogen) atoms. The number of hydrogen-bond donors (Lipinski definition) is 2. The first kappa shape index (κ1) is 27.3. The van der Waals surface area contributed by atoms with Gasteiger partial charge in [-0.3, -0.25) is 9.69 Å². The number of piperidine rings is 2. The predicted octanol–water partition coefficient (Wildman–Crippen LogP) is 4.39. The Hall–Kier alpha value is -1.69. The van der Waals surface area contributed by atoms with E-state index in [1.54, 1.807) is 18.2 Å². The van der Waals surface area contributed by atoms with E-state index in [2.05, 4.69) is 5.32 Å². The van der Waals surface area contributed by atoms with Gasteiger partial charge in [0.1, 0.15) is 28.4 Å². The van der Waals surface area contributed by atoms with E-state index in [1.165, 1.54) is 0 Å². The monoisotopic (exact) mass is 581 g/mol. The zero-order chi connectivity index (χ0) is 26.0. The largest absolute Gasteiger partial charge is 0.490 e. The number of nitrogens with one attached hydrogen (secondary N) is 2. The molecule has 4 rings (SSSR count). The van der Waals surface area contributed by atoms with Crippen molar-refractivity contribution in [3.8, 4) is 5.75 Å². The van der Waals surface area contributed by atoms with Crippen LogP contribution in [0.25, 0.3) is 0 Å². The number of nitrogens with zero attached hydrogens (tertiary/aromatic N) is 1. The number of likely N-dealkylation sites (tertiary alicyclic amines) is 1. The fraction of sp³-hybridized carbons (Fsp3) is 0.435. The number of amides is 1. The Morgan fingerprint density at radius 1 is 1.00 bits per heavy atom. The highest BCUT2D eigenvalue weighted by Gasteiger charge is 2.40. The van der Waals surface area contributed by atoms with Crippen LogP contribution < -0.4 is 14.8 Å². The second-order valence-corrected chi connectivity index (χ2v) is 11.6. The Kier molecular flexibility index (Phi) is 8.63. The Morgan fingerprint density at radius 3 is 2.42 bits per heavy atom. The maximum atomic E-state index is 14.3. The maximum Gasteiger partial charge on any atom is 0.267 e. The molecule has 0 bridgehead atoms. The van der Waals surface area contributed by atoms with Gasteiger partial charge in [-0.1, -0.05) is 34.8 Å². The maximum absolute atomic E-state index is 14.3. The van der Waals surface area contributed by atoms with Crippen LogP contribution >= 0.6 is 34.8 Å². The van der Waals surface area contributed by atoms with Crippen LogP contribution in [0.5, 0.6) is 5.75 Å². The van der Waals surface area contributed by atoms with Crippen molar-refractivity contribution in [2.24, 2.45) is 0 Å². The van der Waals surface area contributed by atoms with Crippen LogP contribution in [0.15, 0.2) is 35.2 Å². The first-order valence-corrected chi connectivity index (χ1v) is 14.0. The fourth-order valence-electron chi connectivity index (χ4n) is 4.60. The summed E-state index contributed by atoms with van der Waals surface area (Å²) in [6.07, 6.45) is 1.96. The second kappa shape index (κ2) is 11.4. The number of halogens is 5. The van der Waals surface area contributed by atoms with Crippen LogP contribution in [0.4, 0.5) is 8.78 Å². The van der Waals surface area contributed by atoms with E-state index in [4.69, 9.17) is 39.5 Å². The number of carbonyl (C=O) groups excluding carboxylic acids is 1. The molecule has 2 unspecified atom stereocenters. The lowest BCUT2D eigenvalue weighted by Crippen LogP contribution is -2.58. The van der Waals surface area contributed by atoms with Gasteiger partial charge in [0.25, 0.3) is 15.9 Å². The molecule has 2 N–H and O–H groups in total. The number of carbonyl (C=O) groups is 1. The number of sulfonamides is 1. The minimum Gasteiger partial charge on any atom is -0.490 e. The summed E-state index contributed by atoms with van der Waals surface area (Å²) < 4.78 is 61.5. The van der Waals surface area contributed by atoms with Crippen molar-refractivity contribution >= 4 is 50.7 Å². The van der Waals surface area contributed by atoms with E-state index in [-0.39, 0.29) is 12.5 Å². The van der Waals surface area contributed by atoms with Crippen molar-refractivity contribution in [3.05, 3.63) is 57.0 Å². The van der Waals surface area contributed by atoms with Gasteiger partial charge in [0.05, 0.1) is 21.1 Å². The molecule has 0 saturated carbocycles. The molecule has 2 fully saturated rings. The van der Waals surface area contributed by atoms with E-state index < -0.39 is 49.6 Å². The van der Waals surface area contributed by atoms with Crippen molar-refractivity contribution in [1.29, 1.82) is 0 Å². The van der Waals surface area contributed by atoms with Crippen molar-refractivity contribution < 1.29 is 26.7 Å². The SMILES string of the molecule is O=C(NS(=O)(=O)c1cc(Cl)c(F)cc1F)C1CC(Oc2ccc(Cl)c(Cl)c2)CCN1C1CCNCC1. The molecule has 13 heteroatoms. The van der Waals surface area contributed by atoms with Gasteiger partial charge < -0.3 is 10.1 Å². The molecular weight excluding hydrogens is 559 g/mol. The lowest BCUT2D eigenvalue weighted by molar-refractivity contribution is -0.129. The standard InChI is InChI=1S/C23H24Cl3F2N3O4S/c24-16-2-1-14(9-17(16)25)35-15-5-8-31(13-3-6-29-7-4-13)21(10-15)23(32)30-36(33,34)22-11-18(26)19(27)12-20(22)28/h1-2,9,11-13,15,21,29H,3-8,10H2,(H,30,32). The number of hydrogen-bond acceptors (Lipinski definition) is 6. The van der Waals surface area contributed by atoms with Gasteiger partial charge >= 0.3 is 0 Å². The summed E-state index contributed by atoms with van der Waals surface area (Å²) in [5.74, 6) is -2.81. The Morgan fingerprint density at radius 2 is 1.72 bits per heavy atom. The summed E-state index contributed by atoms with van der Waals surface area (Å²) in [7, 11) is -4.66. The first-order valence-electron chi connectivity index (χ1n) is 11.3. The molecular formula is C23H24Cl3F2N3O4S. The summed E-state index contributed by atoms with van der Waals surface area (Å²) in [6, 6.07) is 5.05. The van der Waals surface area contributed by atoms with Gasteiger partial charge in [0.2, 0.25) is 0 Å². The van der Waals surface area contributed by atoms with Crippen LogP contribution in [-0.2, 0) is 14.8 Å². The molecule has 2 aliphatic heterocycles. The highest BCUT2D eigenvalue weighted by molar-refractivity contribution is 7.90. The molecule has 2 aromatic carbocycles. The summed E-state index contributed by atoms with van der Waals surface area (Å²) >= 11 is 17.7. The molecule has 2 aromatic rings. The Labute approximate surface area is 223 Å². The molecule has 2 aliphatic rings.